The van der Waals surface area contributed by atoms with E-state index in [2.05, 4.69) is 12.3 Å². The normalized spacial score (nSPS) is 11.5. The fourth-order valence-electron chi connectivity index (χ4n) is 1.01. The van der Waals surface area contributed by atoms with Crippen molar-refractivity contribution in [2.75, 3.05) is 7.11 Å². The lowest BCUT2D eigenvalue weighted by molar-refractivity contribution is 0.229. The van der Waals surface area contributed by atoms with Gasteiger partial charge in [-0.2, -0.15) is 0 Å². The minimum Gasteiger partial charge on any atom is -0.497 e. The lowest BCUT2D eigenvalue weighted by atomic mass is 10.1. The van der Waals surface area contributed by atoms with Gasteiger partial charge in [0.25, 0.3) is 0 Å². The molecule has 0 aliphatic heterocycles. The van der Waals surface area contributed by atoms with Gasteiger partial charge in [-0.25, -0.2) is 0 Å². The zero-order valence-corrected chi connectivity index (χ0v) is 7.53. The Morgan fingerprint density at radius 2 is 2.08 bits per heavy atom. The first kappa shape index (κ1) is 9.59. The fourth-order valence-corrected chi connectivity index (χ4v) is 1.01. The van der Waals surface area contributed by atoms with Crippen LogP contribution in [0.4, 0.5) is 0 Å². The van der Waals surface area contributed by atoms with E-state index in [1.807, 2.05) is 0 Å². The van der Waals surface area contributed by atoms with Crippen molar-refractivity contribution in [3.63, 3.8) is 0 Å². The molecule has 1 aromatic rings. The summed E-state index contributed by atoms with van der Waals surface area (Å²) in [4.78, 5) is 0. The quantitative estimate of drug-likeness (QED) is 0.714. The lowest BCUT2D eigenvalue weighted by Crippen LogP contribution is -1.92. The summed E-state index contributed by atoms with van der Waals surface area (Å²) in [5.41, 5.74) is 3.34. The van der Waals surface area contributed by atoms with Crippen LogP contribution in [-0.2, 0) is 0 Å². The number of hydrogen-bond donors (Lipinski definition) is 1. The molecule has 0 aliphatic rings. The van der Waals surface area contributed by atoms with Crippen molar-refractivity contribution in [2.24, 2.45) is 0 Å². The van der Waals surface area contributed by atoms with Crippen LogP contribution >= 0.6 is 0 Å². The second kappa shape index (κ2) is 4.51. The largest absolute Gasteiger partial charge is 0.497 e. The van der Waals surface area contributed by atoms with Crippen LogP contribution in [0.25, 0.3) is 0 Å². The van der Waals surface area contributed by atoms with E-state index in [0.717, 1.165) is 11.3 Å². The molecule has 2 nitrogen and oxygen atoms in total. The standard InChI is InChI=1S/C11H12O2/c1-3-4-11(12)9-5-7-10(13-2)8-6-9/h4-8,11-12H,1H2,2H3/t11-/m1/s1. The highest BCUT2D eigenvalue weighted by atomic mass is 16.5. The molecule has 0 aliphatic carbocycles. The zero-order valence-electron chi connectivity index (χ0n) is 7.53. The predicted molar refractivity (Wildman–Crippen MR) is 51.7 cm³/mol. The molecule has 1 rings (SSSR count). The van der Waals surface area contributed by atoms with Crippen molar-refractivity contribution in [3.8, 4) is 5.75 Å². The van der Waals surface area contributed by atoms with Crippen LogP contribution in [-0.4, -0.2) is 12.2 Å². The topological polar surface area (TPSA) is 29.5 Å². The van der Waals surface area contributed by atoms with E-state index in [1.54, 1.807) is 31.4 Å². The molecular weight excluding hydrogens is 164 g/mol. The summed E-state index contributed by atoms with van der Waals surface area (Å²) in [6.07, 6.45) is 0.866. The molecule has 13 heavy (non-hydrogen) atoms. The minimum atomic E-state index is -0.636. The van der Waals surface area contributed by atoms with Crippen LogP contribution in [0.5, 0.6) is 5.75 Å². The van der Waals surface area contributed by atoms with Gasteiger partial charge < -0.3 is 9.84 Å². The fraction of sp³-hybridized carbons (Fsp3) is 0.182. The van der Waals surface area contributed by atoms with Gasteiger partial charge in [0.05, 0.1) is 7.11 Å². The summed E-state index contributed by atoms with van der Waals surface area (Å²) in [5, 5.41) is 9.49. The maximum absolute atomic E-state index is 9.49. The molecule has 0 aromatic heterocycles. The van der Waals surface area contributed by atoms with Crippen LogP contribution in [0.15, 0.2) is 42.7 Å². The SMILES string of the molecule is C=C=C[C@@H](O)c1ccc(OC)cc1. The monoisotopic (exact) mass is 176 g/mol. The van der Waals surface area contributed by atoms with E-state index in [9.17, 15) is 5.11 Å². The Labute approximate surface area is 77.8 Å². The average Bonchev–Trinajstić information content (AvgIpc) is 2.18. The van der Waals surface area contributed by atoms with Gasteiger partial charge in [-0.1, -0.05) is 18.7 Å². The maximum atomic E-state index is 9.49. The van der Waals surface area contributed by atoms with E-state index in [4.69, 9.17) is 4.74 Å². The molecule has 1 aromatic carbocycles. The summed E-state index contributed by atoms with van der Waals surface area (Å²) in [5.74, 6) is 0.776. The second-order valence-electron chi connectivity index (χ2n) is 2.59. The smallest absolute Gasteiger partial charge is 0.118 e. The highest BCUT2D eigenvalue weighted by Gasteiger charge is 2.01. The number of rotatable bonds is 3. The predicted octanol–water partition coefficient (Wildman–Crippen LogP) is 2.07. The first-order valence-corrected chi connectivity index (χ1v) is 3.96. The highest BCUT2D eigenvalue weighted by Crippen LogP contribution is 2.17. The Bertz CT molecular complexity index is 307. The number of methoxy groups -OCH3 is 1. The van der Waals surface area contributed by atoms with Gasteiger partial charge in [0.1, 0.15) is 11.9 Å². The van der Waals surface area contributed by atoms with E-state index in [1.165, 1.54) is 6.08 Å². The summed E-state index contributed by atoms with van der Waals surface area (Å²) < 4.78 is 4.99. The average molecular weight is 176 g/mol. The van der Waals surface area contributed by atoms with Crippen LogP contribution in [0.2, 0.25) is 0 Å². The Balaban J connectivity index is 2.85. The molecule has 0 heterocycles. The summed E-state index contributed by atoms with van der Waals surface area (Å²) in [6.45, 7) is 3.39. The zero-order chi connectivity index (χ0) is 9.68. The van der Waals surface area contributed by atoms with Crippen molar-refractivity contribution in [1.29, 1.82) is 0 Å². The number of aliphatic hydroxyl groups excluding tert-OH is 1. The lowest BCUT2D eigenvalue weighted by Gasteiger charge is -2.05. The van der Waals surface area contributed by atoms with Gasteiger partial charge >= 0.3 is 0 Å². The Kier molecular flexibility index (Phi) is 3.32. The van der Waals surface area contributed by atoms with E-state index < -0.39 is 6.10 Å². The molecule has 0 radical (unpaired) electrons. The maximum Gasteiger partial charge on any atom is 0.118 e. The van der Waals surface area contributed by atoms with Crippen LogP contribution < -0.4 is 4.74 Å². The third-order valence-electron chi connectivity index (χ3n) is 1.73. The first-order chi connectivity index (χ1) is 6.27. The number of aliphatic hydroxyl groups is 1. The molecule has 2 heteroatoms. The van der Waals surface area contributed by atoms with E-state index in [-0.39, 0.29) is 0 Å². The number of ether oxygens (including phenoxy) is 1. The Hall–Kier alpha value is -1.50. The molecule has 68 valence electrons. The third-order valence-corrected chi connectivity index (χ3v) is 1.73. The molecule has 0 saturated heterocycles. The van der Waals surface area contributed by atoms with Crippen molar-refractivity contribution in [1.82, 2.24) is 0 Å². The summed E-state index contributed by atoms with van der Waals surface area (Å²) in [7, 11) is 1.61. The molecule has 0 unspecified atom stereocenters. The molecule has 0 fully saturated rings. The minimum absolute atomic E-state index is 0.636. The van der Waals surface area contributed by atoms with Gasteiger partial charge in [0.2, 0.25) is 0 Å². The molecule has 1 N–H and O–H groups in total. The van der Waals surface area contributed by atoms with E-state index >= 15 is 0 Å². The Morgan fingerprint density at radius 3 is 2.54 bits per heavy atom. The van der Waals surface area contributed by atoms with Crippen molar-refractivity contribution < 1.29 is 9.84 Å². The summed E-state index contributed by atoms with van der Waals surface area (Å²) in [6, 6.07) is 7.21. The molecule has 0 amide bonds. The van der Waals surface area contributed by atoms with Crippen LogP contribution in [0.1, 0.15) is 11.7 Å². The van der Waals surface area contributed by atoms with Crippen molar-refractivity contribution in [2.45, 2.75) is 6.10 Å². The van der Waals surface area contributed by atoms with Crippen LogP contribution in [0, 0.1) is 0 Å². The third kappa shape index (κ3) is 2.48. The number of hydrogen-bond acceptors (Lipinski definition) is 2. The number of benzene rings is 1. The van der Waals surface area contributed by atoms with Gasteiger partial charge in [0, 0.05) is 0 Å². The second-order valence-corrected chi connectivity index (χ2v) is 2.59. The van der Waals surface area contributed by atoms with Crippen molar-refractivity contribution in [3.05, 3.63) is 48.2 Å². The van der Waals surface area contributed by atoms with Gasteiger partial charge in [-0.15, -0.1) is 5.73 Å². The van der Waals surface area contributed by atoms with Crippen molar-refractivity contribution >= 4 is 0 Å². The first-order valence-electron chi connectivity index (χ1n) is 3.96. The van der Waals surface area contributed by atoms with Gasteiger partial charge in [-0.05, 0) is 23.8 Å². The van der Waals surface area contributed by atoms with E-state index in [0.29, 0.717) is 0 Å². The Morgan fingerprint density at radius 1 is 1.46 bits per heavy atom. The molecule has 0 bridgehead atoms. The molecule has 1 atom stereocenters. The molecular formula is C11H12O2. The molecule has 0 spiro atoms. The van der Waals surface area contributed by atoms with Gasteiger partial charge in [0.15, 0.2) is 0 Å². The summed E-state index contributed by atoms with van der Waals surface area (Å²) >= 11 is 0. The van der Waals surface area contributed by atoms with Gasteiger partial charge in [-0.3, -0.25) is 0 Å². The van der Waals surface area contributed by atoms with Crippen LogP contribution in [0.3, 0.4) is 0 Å². The highest BCUT2D eigenvalue weighted by molar-refractivity contribution is 5.29. The molecule has 0 saturated carbocycles.